The third-order valence-electron chi connectivity index (χ3n) is 4.55. The summed E-state index contributed by atoms with van der Waals surface area (Å²) >= 11 is 0. The average molecular weight is 332 g/mol. The number of nitrogens with one attached hydrogen (secondary N) is 2. The number of benzene rings is 1. The molecule has 1 aromatic carbocycles. The van der Waals surface area contributed by atoms with E-state index < -0.39 is 0 Å². The van der Waals surface area contributed by atoms with Crippen molar-refractivity contribution in [3.8, 4) is 0 Å². The molecule has 2 rings (SSSR count). The van der Waals surface area contributed by atoms with Crippen LogP contribution in [0, 0.1) is 0 Å². The maximum Gasteiger partial charge on any atom is 0.191 e. The van der Waals surface area contributed by atoms with Crippen LogP contribution < -0.4 is 10.6 Å². The molecule has 24 heavy (non-hydrogen) atoms. The molecular formula is C19H32N4O. The van der Waals surface area contributed by atoms with Gasteiger partial charge in [-0.05, 0) is 38.3 Å². The number of nitrogens with zero attached hydrogens (tertiary/aromatic N) is 2. The first kappa shape index (κ1) is 18.7. The second kappa shape index (κ2) is 9.04. The van der Waals surface area contributed by atoms with E-state index in [1.54, 1.807) is 7.11 Å². The third-order valence-corrected chi connectivity index (χ3v) is 4.55. The number of ether oxygens (including phenoxy) is 1. The molecule has 0 saturated carbocycles. The smallest absolute Gasteiger partial charge is 0.191 e. The molecule has 0 amide bonds. The highest BCUT2D eigenvalue weighted by atomic mass is 16.5. The normalized spacial score (nSPS) is 15.9. The molecule has 0 fully saturated rings. The van der Waals surface area contributed by atoms with E-state index in [0.29, 0.717) is 6.61 Å². The topological polar surface area (TPSA) is 48.9 Å². The zero-order valence-electron chi connectivity index (χ0n) is 15.6. The van der Waals surface area contributed by atoms with Gasteiger partial charge in [0.25, 0.3) is 0 Å². The average Bonchev–Trinajstić information content (AvgIpc) is 2.59. The van der Waals surface area contributed by atoms with E-state index >= 15 is 0 Å². The first-order valence-corrected chi connectivity index (χ1v) is 8.90. The van der Waals surface area contributed by atoms with E-state index in [2.05, 4.69) is 60.6 Å². The van der Waals surface area contributed by atoms with Crippen molar-refractivity contribution in [3.05, 3.63) is 35.4 Å². The van der Waals surface area contributed by atoms with Crippen molar-refractivity contribution in [1.82, 2.24) is 15.5 Å². The lowest BCUT2D eigenvalue weighted by atomic mass is 9.94. The Morgan fingerprint density at radius 1 is 1.25 bits per heavy atom. The highest BCUT2D eigenvalue weighted by Gasteiger charge is 2.29. The van der Waals surface area contributed by atoms with Gasteiger partial charge >= 0.3 is 0 Å². The second-order valence-electron chi connectivity index (χ2n) is 6.87. The minimum Gasteiger partial charge on any atom is -0.383 e. The Labute approximate surface area is 146 Å². The molecule has 1 heterocycles. The molecule has 0 bridgehead atoms. The third kappa shape index (κ3) is 5.21. The summed E-state index contributed by atoms with van der Waals surface area (Å²) in [6, 6.07) is 8.77. The molecule has 0 aromatic heterocycles. The predicted octanol–water partition coefficient (Wildman–Crippen LogP) is 2.02. The first-order valence-electron chi connectivity index (χ1n) is 8.90. The summed E-state index contributed by atoms with van der Waals surface area (Å²) in [4.78, 5) is 7.32. The van der Waals surface area contributed by atoms with E-state index in [9.17, 15) is 0 Å². The summed E-state index contributed by atoms with van der Waals surface area (Å²) in [5, 5.41) is 6.61. The molecule has 0 atom stereocenters. The maximum atomic E-state index is 5.09. The van der Waals surface area contributed by atoms with Crippen LogP contribution in [0.2, 0.25) is 0 Å². The van der Waals surface area contributed by atoms with Gasteiger partial charge in [0.15, 0.2) is 5.96 Å². The van der Waals surface area contributed by atoms with Gasteiger partial charge in [0.05, 0.1) is 13.2 Å². The minimum absolute atomic E-state index is 0.0249. The Morgan fingerprint density at radius 3 is 2.71 bits per heavy atom. The van der Waals surface area contributed by atoms with E-state index in [1.165, 1.54) is 11.1 Å². The zero-order chi connectivity index (χ0) is 17.4. The van der Waals surface area contributed by atoms with E-state index in [1.807, 2.05) is 0 Å². The van der Waals surface area contributed by atoms with E-state index in [0.717, 1.165) is 45.1 Å². The highest BCUT2D eigenvalue weighted by molar-refractivity contribution is 5.79. The van der Waals surface area contributed by atoms with Crippen LogP contribution in [0.1, 0.15) is 31.9 Å². The van der Waals surface area contributed by atoms with Crippen LogP contribution in [-0.4, -0.2) is 56.3 Å². The van der Waals surface area contributed by atoms with Gasteiger partial charge in [-0.1, -0.05) is 24.3 Å². The lowest BCUT2D eigenvalue weighted by Crippen LogP contribution is -2.49. The summed E-state index contributed by atoms with van der Waals surface area (Å²) in [6.07, 6.45) is 1.12. The lowest BCUT2D eigenvalue weighted by molar-refractivity contribution is 0.111. The van der Waals surface area contributed by atoms with Crippen molar-refractivity contribution in [2.24, 2.45) is 4.99 Å². The van der Waals surface area contributed by atoms with Gasteiger partial charge in [0, 0.05) is 38.8 Å². The van der Waals surface area contributed by atoms with Crippen molar-refractivity contribution >= 4 is 5.96 Å². The van der Waals surface area contributed by atoms with Gasteiger partial charge in [-0.25, -0.2) is 0 Å². The molecule has 2 N–H and O–H groups in total. The monoisotopic (exact) mass is 332 g/mol. The molecule has 134 valence electrons. The van der Waals surface area contributed by atoms with Gasteiger partial charge in [0.2, 0.25) is 0 Å². The van der Waals surface area contributed by atoms with Crippen molar-refractivity contribution in [2.75, 3.05) is 39.9 Å². The standard InChI is InChI=1S/C19H32N4O/c1-5-20-18(21-11-13-24-4)22-15-19(2,3)23-12-10-16-8-6-7-9-17(16)14-23/h6-9H,5,10-15H2,1-4H3,(H2,20,21,22). The number of aliphatic imine (C=N–C) groups is 1. The van der Waals surface area contributed by atoms with E-state index in [4.69, 9.17) is 9.73 Å². The highest BCUT2D eigenvalue weighted by Crippen LogP contribution is 2.25. The number of methoxy groups -OCH3 is 1. The molecule has 1 aliphatic rings. The summed E-state index contributed by atoms with van der Waals surface area (Å²) in [5.74, 6) is 0.861. The zero-order valence-corrected chi connectivity index (χ0v) is 15.6. The molecule has 1 aromatic rings. The van der Waals surface area contributed by atoms with Crippen LogP contribution in [0.5, 0.6) is 0 Å². The van der Waals surface area contributed by atoms with Gasteiger partial charge in [0.1, 0.15) is 0 Å². The Morgan fingerprint density at radius 2 is 2.00 bits per heavy atom. The van der Waals surface area contributed by atoms with Gasteiger partial charge in [-0.2, -0.15) is 0 Å². The summed E-state index contributed by atoms with van der Waals surface area (Å²) in [5.41, 5.74) is 2.96. The Bertz CT molecular complexity index is 542. The van der Waals surface area contributed by atoms with Crippen LogP contribution >= 0.6 is 0 Å². The van der Waals surface area contributed by atoms with Crippen LogP contribution in [0.4, 0.5) is 0 Å². The molecule has 0 unspecified atom stereocenters. The summed E-state index contributed by atoms with van der Waals surface area (Å²) < 4.78 is 5.09. The molecule has 0 radical (unpaired) electrons. The van der Waals surface area contributed by atoms with Crippen LogP contribution in [0.15, 0.2) is 29.3 Å². The second-order valence-corrected chi connectivity index (χ2v) is 6.87. The van der Waals surface area contributed by atoms with Crippen LogP contribution in [0.25, 0.3) is 0 Å². The quantitative estimate of drug-likeness (QED) is 0.456. The summed E-state index contributed by atoms with van der Waals surface area (Å²) in [6.45, 7) is 11.8. The molecule has 0 aliphatic carbocycles. The number of hydrogen-bond acceptors (Lipinski definition) is 3. The van der Waals surface area contributed by atoms with E-state index in [-0.39, 0.29) is 5.54 Å². The predicted molar refractivity (Wildman–Crippen MR) is 100 cm³/mol. The fourth-order valence-electron chi connectivity index (χ4n) is 3.00. The Hall–Kier alpha value is -1.59. The summed E-state index contributed by atoms with van der Waals surface area (Å²) in [7, 11) is 1.71. The van der Waals surface area contributed by atoms with Crippen molar-refractivity contribution < 1.29 is 4.74 Å². The maximum absolute atomic E-state index is 5.09. The van der Waals surface area contributed by atoms with Crippen molar-refractivity contribution in [1.29, 1.82) is 0 Å². The number of hydrogen-bond donors (Lipinski definition) is 2. The minimum atomic E-state index is 0.0249. The SMILES string of the molecule is CCNC(=NCC(C)(C)N1CCc2ccccc2C1)NCCOC. The Balaban J connectivity index is 1.97. The largest absolute Gasteiger partial charge is 0.383 e. The fourth-order valence-corrected chi connectivity index (χ4v) is 3.00. The van der Waals surface area contributed by atoms with Crippen molar-refractivity contribution in [2.45, 2.75) is 39.3 Å². The Kier molecular flexibility index (Phi) is 7.06. The number of guanidine groups is 1. The van der Waals surface area contributed by atoms with Gasteiger partial charge < -0.3 is 15.4 Å². The number of rotatable bonds is 7. The van der Waals surface area contributed by atoms with Gasteiger partial charge in [-0.3, -0.25) is 9.89 Å². The number of fused-ring (bicyclic) bond motifs is 1. The fraction of sp³-hybridized carbons (Fsp3) is 0.632. The molecule has 0 saturated heterocycles. The molecular weight excluding hydrogens is 300 g/mol. The molecule has 5 nitrogen and oxygen atoms in total. The first-order chi connectivity index (χ1) is 11.6. The van der Waals surface area contributed by atoms with Crippen molar-refractivity contribution in [3.63, 3.8) is 0 Å². The van der Waals surface area contributed by atoms with Crippen LogP contribution in [-0.2, 0) is 17.7 Å². The molecule has 0 spiro atoms. The molecule has 5 heteroatoms. The van der Waals surface area contributed by atoms with Crippen LogP contribution in [0.3, 0.4) is 0 Å². The molecule has 1 aliphatic heterocycles. The van der Waals surface area contributed by atoms with Gasteiger partial charge in [-0.15, -0.1) is 0 Å². The lowest BCUT2D eigenvalue weighted by Gasteiger charge is -2.40.